The number of nitrogens with zero attached hydrogens (tertiary/aromatic N) is 2. The minimum Gasteiger partial charge on any atom is -0.359 e. The lowest BCUT2D eigenvalue weighted by Gasteiger charge is -2.19. The predicted molar refractivity (Wildman–Crippen MR) is 72.4 cm³/mol. The van der Waals surface area contributed by atoms with E-state index in [1.54, 1.807) is 0 Å². The van der Waals surface area contributed by atoms with Crippen molar-refractivity contribution in [3.8, 4) is 11.8 Å². The van der Waals surface area contributed by atoms with Crippen molar-refractivity contribution in [3.63, 3.8) is 0 Å². The van der Waals surface area contributed by atoms with Crippen LogP contribution in [0.4, 0.5) is 5.82 Å². The number of halogens is 1. The molecular formula is C13H18ClN3. The Kier molecular flexibility index (Phi) is 4.36. The summed E-state index contributed by atoms with van der Waals surface area (Å²) in [6.07, 6.45) is 0. The van der Waals surface area contributed by atoms with Gasteiger partial charge < -0.3 is 5.32 Å². The molecule has 0 aliphatic rings. The summed E-state index contributed by atoms with van der Waals surface area (Å²) in [7, 11) is 0. The van der Waals surface area contributed by atoms with Gasteiger partial charge in [0.25, 0.3) is 0 Å². The maximum absolute atomic E-state index is 6.11. The largest absolute Gasteiger partial charge is 0.359 e. The molecule has 1 aromatic heterocycles. The zero-order valence-electron chi connectivity index (χ0n) is 11.0. The summed E-state index contributed by atoms with van der Waals surface area (Å²) in [5.74, 6) is 7.26. The highest BCUT2D eigenvalue weighted by Gasteiger charge is 2.20. The van der Waals surface area contributed by atoms with Crippen molar-refractivity contribution in [1.29, 1.82) is 0 Å². The summed E-state index contributed by atoms with van der Waals surface area (Å²) in [5.41, 5.74) is 0.738. The third-order valence-corrected chi connectivity index (χ3v) is 2.65. The number of anilines is 1. The third-order valence-electron chi connectivity index (χ3n) is 2.28. The molecule has 0 bridgehead atoms. The Bertz CT molecular complexity index is 464. The van der Waals surface area contributed by atoms with Crippen molar-refractivity contribution in [2.24, 2.45) is 0 Å². The summed E-state index contributed by atoms with van der Waals surface area (Å²) in [4.78, 5) is 8.81. The fraction of sp³-hybridized carbons (Fsp3) is 0.538. The Balaban J connectivity index is 3.10. The molecule has 0 aromatic carbocycles. The van der Waals surface area contributed by atoms with Crippen molar-refractivity contribution >= 4 is 17.4 Å². The molecule has 0 aliphatic carbocycles. The van der Waals surface area contributed by atoms with Gasteiger partial charge in [0.05, 0.1) is 6.54 Å². The molecule has 0 radical (unpaired) electrons. The van der Waals surface area contributed by atoms with Gasteiger partial charge in [-0.05, 0) is 13.8 Å². The zero-order valence-corrected chi connectivity index (χ0v) is 11.7. The number of hydrogen-bond donors (Lipinski definition) is 1. The zero-order chi connectivity index (χ0) is 13.1. The van der Waals surface area contributed by atoms with Crippen LogP contribution in [0, 0.1) is 18.8 Å². The first kappa shape index (κ1) is 13.8. The van der Waals surface area contributed by atoms with Crippen molar-refractivity contribution in [2.45, 2.75) is 40.0 Å². The maximum Gasteiger partial charge on any atom is 0.137 e. The van der Waals surface area contributed by atoms with Crippen molar-refractivity contribution < 1.29 is 0 Å². The highest BCUT2D eigenvalue weighted by atomic mass is 35.5. The summed E-state index contributed by atoms with van der Waals surface area (Å²) in [5, 5.41) is 3.66. The first-order valence-electron chi connectivity index (χ1n) is 5.54. The van der Waals surface area contributed by atoms with E-state index in [9.17, 15) is 0 Å². The van der Waals surface area contributed by atoms with Crippen LogP contribution < -0.4 is 5.32 Å². The minimum absolute atomic E-state index is 0.121. The Morgan fingerprint density at radius 3 is 2.47 bits per heavy atom. The normalized spacial score (nSPS) is 10.7. The molecule has 0 amide bonds. The van der Waals surface area contributed by atoms with Crippen molar-refractivity contribution in [3.05, 3.63) is 16.5 Å². The molecule has 3 nitrogen and oxygen atoms in total. The molecule has 1 heterocycles. The van der Waals surface area contributed by atoms with Gasteiger partial charge in [0.2, 0.25) is 0 Å². The molecule has 0 atom stereocenters. The van der Waals surface area contributed by atoms with E-state index >= 15 is 0 Å². The lowest BCUT2D eigenvalue weighted by atomic mass is 9.95. The molecule has 0 fully saturated rings. The Morgan fingerprint density at radius 1 is 1.29 bits per heavy atom. The van der Waals surface area contributed by atoms with Crippen molar-refractivity contribution in [2.75, 3.05) is 11.9 Å². The molecule has 1 N–H and O–H groups in total. The lowest BCUT2D eigenvalue weighted by Crippen LogP contribution is -2.18. The molecule has 4 heteroatoms. The summed E-state index contributed by atoms with van der Waals surface area (Å²) in [6.45, 7) is 10.4. The SMILES string of the molecule is CC#CCNc1nc(C(C)(C)C)nc(Cl)c1C. The topological polar surface area (TPSA) is 37.8 Å². The third kappa shape index (κ3) is 3.61. The molecule has 0 unspecified atom stereocenters. The number of hydrogen-bond acceptors (Lipinski definition) is 3. The molecule has 0 aliphatic heterocycles. The van der Waals surface area contributed by atoms with Crippen LogP contribution in [0.25, 0.3) is 0 Å². The van der Waals surface area contributed by atoms with E-state index < -0.39 is 0 Å². The monoisotopic (exact) mass is 251 g/mol. The van der Waals surface area contributed by atoms with Crippen LogP contribution in [0.15, 0.2) is 0 Å². The van der Waals surface area contributed by atoms with Crippen LogP contribution in [0.2, 0.25) is 5.15 Å². The van der Waals surface area contributed by atoms with Crippen LogP contribution in [0.3, 0.4) is 0 Å². The quantitative estimate of drug-likeness (QED) is 0.648. The average Bonchev–Trinajstić information content (AvgIpc) is 2.22. The average molecular weight is 252 g/mol. The van der Waals surface area contributed by atoms with E-state index in [0.717, 1.165) is 17.2 Å². The summed E-state index contributed by atoms with van der Waals surface area (Å²) < 4.78 is 0. The van der Waals surface area contributed by atoms with Crippen LogP contribution in [0.1, 0.15) is 39.1 Å². The van der Waals surface area contributed by atoms with Gasteiger partial charge >= 0.3 is 0 Å². The van der Waals surface area contributed by atoms with Crippen LogP contribution in [0.5, 0.6) is 0 Å². The van der Waals surface area contributed by atoms with Gasteiger partial charge in [-0.1, -0.05) is 38.3 Å². The maximum atomic E-state index is 6.11. The highest BCUT2D eigenvalue weighted by molar-refractivity contribution is 6.30. The van der Waals surface area contributed by atoms with E-state index in [1.807, 2.05) is 13.8 Å². The number of nitrogens with one attached hydrogen (secondary N) is 1. The van der Waals surface area contributed by atoms with Gasteiger partial charge in [0, 0.05) is 11.0 Å². The molecular weight excluding hydrogens is 234 g/mol. The second-order valence-corrected chi connectivity index (χ2v) is 5.20. The lowest BCUT2D eigenvalue weighted by molar-refractivity contribution is 0.545. The standard InChI is InChI=1S/C13H18ClN3/c1-6-7-8-15-11-9(2)10(14)16-12(17-11)13(3,4)5/h8H2,1-5H3,(H,15,16,17). The molecule has 1 rings (SSSR count). The van der Waals surface area contributed by atoms with Crippen LogP contribution in [-0.2, 0) is 5.41 Å². The van der Waals surface area contributed by atoms with Gasteiger partial charge in [-0.2, -0.15) is 0 Å². The Labute approximate surface area is 108 Å². The molecule has 0 saturated heterocycles. The highest BCUT2D eigenvalue weighted by Crippen LogP contribution is 2.25. The molecule has 1 aromatic rings. The Morgan fingerprint density at radius 2 is 1.94 bits per heavy atom. The van der Waals surface area contributed by atoms with Gasteiger partial charge in [0.1, 0.15) is 16.8 Å². The van der Waals surface area contributed by atoms with Gasteiger partial charge in [-0.15, -0.1) is 5.92 Å². The summed E-state index contributed by atoms with van der Waals surface area (Å²) in [6, 6.07) is 0. The fourth-order valence-corrected chi connectivity index (χ4v) is 1.38. The predicted octanol–water partition coefficient (Wildman–Crippen LogP) is 3.17. The van der Waals surface area contributed by atoms with Gasteiger partial charge in [-0.3, -0.25) is 0 Å². The molecule has 17 heavy (non-hydrogen) atoms. The summed E-state index contributed by atoms with van der Waals surface area (Å²) >= 11 is 6.11. The first-order valence-corrected chi connectivity index (χ1v) is 5.92. The minimum atomic E-state index is -0.121. The molecule has 92 valence electrons. The van der Waals surface area contributed by atoms with Crippen molar-refractivity contribution in [1.82, 2.24) is 9.97 Å². The fourth-order valence-electron chi connectivity index (χ4n) is 1.21. The van der Waals surface area contributed by atoms with E-state index in [-0.39, 0.29) is 5.41 Å². The molecule has 0 saturated carbocycles. The van der Waals surface area contributed by atoms with E-state index in [0.29, 0.717) is 11.7 Å². The van der Waals surface area contributed by atoms with Crippen LogP contribution in [-0.4, -0.2) is 16.5 Å². The van der Waals surface area contributed by atoms with Gasteiger partial charge in [-0.25, -0.2) is 9.97 Å². The smallest absolute Gasteiger partial charge is 0.137 e. The first-order chi connectivity index (χ1) is 7.86. The van der Waals surface area contributed by atoms with E-state index in [1.165, 1.54) is 0 Å². The Hall–Kier alpha value is -1.27. The second-order valence-electron chi connectivity index (χ2n) is 4.84. The molecule has 0 spiro atoms. The second kappa shape index (κ2) is 5.37. The number of rotatable bonds is 2. The van der Waals surface area contributed by atoms with Crippen LogP contribution >= 0.6 is 11.6 Å². The number of aromatic nitrogens is 2. The van der Waals surface area contributed by atoms with Gasteiger partial charge in [0.15, 0.2) is 0 Å². The van der Waals surface area contributed by atoms with E-state index in [2.05, 4.69) is 47.9 Å². The van der Waals surface area contributed by atoms with E-state index in [4.69, 9.17) is 11.6 Å².